The van der Waals surface area contributed by atoms with Crippen LogP contribution in [0.3, 0.4) is 0 Å². The zero-order chi connectivity index (χ0) is 11.6. The molecule has 0 amide bonds. The Morgan fingerprint density at radius 2 is 1.94 bits per heavy atom. The van der Waals surface area contributed by atoms with E-state index in [0.717, 1.165) is 31.1 Å². The van der Waals surface area contributed by atoms with Gasteiger partial charge >= 0.3 is 0 Å². The molecular formula is C13H21NO2. The Morgan fingerprint density at radius 1 is 1.12 bits per heavy atom. The highest BCUT2D eigenvalue weighted by atomic mass is 16.5. The van der Waals surface area contributed by atoms with Crippen molar-refractivity contribution in [3.05, 3.63) is 24.3 Å². The van der Waals surface area contributed by atoms with Crippen molar-refractivity contribution in [1.29, 1.82) is 0 Å². The van der Waals surface area contributed by atoms with E-state index in [1.54, 1.807) is 7.11 Å². The lowest BCUT2D eigenvalue weighted by Crippen LogP contribution is -2.07. The fourth-order valence-corrected chi connectivity index (χ4v) is 1.46. The molecule has 0 heterocycles. The second-order valence-corrected chi connectivity index (χ2v) is 3.69. The number of hydrogen-bond donors (Lipinski definition) is 1. The van der Waals surface area contributed by atoms with E-state index in [9.17, 15) is 0 Å². The summed E-state index contributed by atoms with van der Waals surface area (Å²) < 4.78 is 10.8. The van der Waals surface area contributed by atoms with Gasteiger partial charge in [0.15, 0.2) is 0 Å². The van der Waals surface area contributed by atoms with Crippen LogP contribution in [0.4, 0.5) is 0 Å². The quantitative estimate of drug-likeness (QED) is 0.687. The summed E-state index contributed by atoms with van der Waals surface area (Å²) in [4.78, 5) is 0. The van der Waals surface area contributed by atoms with E-state index in [-0.39, 0.29) is 0 Å². The molecule has 3 nitrogen and oxygen atoms in total. The summed E-state index contributed by atoms with van der Waals surface area (Å²) >= 11 is 0. The molecule has 3 heteroatoms. The van der Waals surface area contributed by atoms with Crippen molar-refractivity contribution in [2.24, 2.45) is 0 Å². The van der Waals surface area contributed by atoms with E-state index in [4.69, 9.17) is 9.47 Å². The molecule has 0 bridgehead atoms. The van der Waals surface area contributed by atoms with Crippen molar-refractivity contribution in [3.8, 4) is 11.5 Å². The van der Waals surface area contributed by atoms with Crippen LogP contribution in [0, 0.1) is 0 Å². The van der Waals surface area contributed by atoms with Crippen LogP contribution in [0.5, 0.6) is 11.5 Å². The van der Waals surface area contributed by atoms with Gasteiger partial charge < -0.3 is 14.8 Å². The normalized spacial score (nSPS) is 10.1. The number of methoxy groups -OCH3 is 1. The molecule has 1 aromatic rings. The Balaban J connectivity index is 2.16. The lowest BCUT2D eigenvalue weighted by atomic mass is 10.2. The topological polar surface area (TPSA) is 30.5 Å². The van der Waals surface area contributed by atoms with E-state index in [2.05, 4.69) is 5.32 Å². The van der Waals surface area contributed by atoms with E-state index in [1.807, 2.05) is 31.3 Å². The van der Waals surface area contributed by atoms with Gasteiger partial charge in [-0.1, -0.05) is 6.07 Å². The molecule has 16 heavy (non-hydrogen) atoms. The molecule has 0 aliphatic rings. The SMILES string of the molecule is CNCCCCCOc1cccc(OC)c1. The Hall–Kier alpha value is -1.22. The monoisotopic (exact) mass is 223 g/mol. The molecule has 0 saturated heterocycles. The van der Waals surface area contributed by atoms with Crippen LogP contribution in [0.2, 0.25) is 0 Å². The molecule has 0 spiro atoms. The number of rotatable bonds is 8. The summed E-state index contributed by atoms with van der Waals surface area (Å²) in [7, 11) is 3.64. The fourth-order valence-electron chi connectivity index (χ4n) is 1.46. The van der Waals surface area contributed by atoms with Gasteiger partial charge in [0, 0.05) is 6.07 Å². The van der Waals surface area contributed by atoms with E-state index in [1.165, 1.54) is 12.8 Å². The third-order valence-corrected chi connectivity index (χ3v) is 2.38. The minimum Gasteiger partial charge on any atom is -0.497 e. The smallest absolute Gasteiger partial charge is 0.122 e. The maximum absolute atomic E-state index is 5.63. The van der Waals surface area contributed by atoms with Crippen LogP contribution in [-0.4, -0.2) is 27.3 Å². The summed E-state index contributed by atoms with van der Waals surface area (Å²) in [6, 6.07) is 7.72. The van der Waals surface area contributed by atoms with Crippen molar-refractivity contribution >= 4 is 0 Å². The summed E-state index contributed by atoms with van der Waals surface area (Å²) in [6.07, 6.45) is 3.50. The average molecular weight is 223 g/mol. The van der Waals surface area contributed by atoms with Gasteiger partial charge in [-0.3, -0.25) is 0 Å². The van der Waals surface area contributed by atoms with Crippen LogP contribution in [0.1, 0.15) is 19.3 Å². The number of benzene rings is 1. The van der Waals surface area contributed by atoms with Gasteiger partial charge in [0.05, 0.1) is 13.7 Å². The molecule has 0 radical (unpaired) electrons. The maximum Gasteiger partial charge on any atom is 0.122 e. The van der Waals surface area contributed by atoms with Crippen molar-refractivity contribution in [1.82, 2.24) is 5.32 Å². The predicted octanol–water partition coefficient (Wildman–Crippen LogP) is 2.46. The largest absolute Gasteiger partial charge is 0.497 e. The molecule has 0 aliphatic heterocycles. The second kappa shape index (κ2) is 7.99. The molecule has 0 saturated carbocycles. The zero-order valence-corrected chi connectivity index (χ0v) is 10.2. The number of nitrogens with one attached hydrogen (secondary N) is 1. The molecule has 90 valence electrons. The summed E-state index contributed by atoms with van der Waals surface area (Å²) in [5.41, 5.74) is 0. The van der Waals surface area contributed by atoms with Crippen molar-refractivity contribution < 1.29 is 9.47 Å². The van der Waals surface area contributed by atoms with Gasteiger partial charge in [-0.05, 0) is 45.0 Å². The van der Waals surface area contributed by atoms with E-state index in [0.29, 0.717) is 0 Å². The van der Waals surface area contributed by atoms with Gasteiger partial charge in [0.2, 0.25) is 0 Å². The van der Waals surface area contributed by atoms with Crippen molar-refractivity contribution in [3.63, 3.8) is 0 Å². The Morgan fingerprint density at radius 3 is 2.69 bits per heavy atom. The third kappa shape index (κ3) is 5.03. The first kappa shape index (κ1) is 12.8. The van der Waals surface area contributed by atoms with Crippen LogP contribution < -0.4 is 14.8 Å². The average Bonchev–Trinajstić information content (AvgIpc) is 2.34. The molecule has 0 atom stereocenters. The zero-order valence-electron chi connectivity index (χ0n) is 10.2. The minimum atomic E-state index is 0.775. The van der Waals surface area contributed by atoms with Crippen molar-refractivity contribution in [2.75, 3.05) is 27.3 Å². The lowest BCUT2D eigenvalue weighted by Gasteiger charge is -2.07. The highest BCUT2D eigenvalue weighted by Crippen LogP contribution is 2.18. The van der Waals surface area contributed by atoms with Crippen LogP contribution in [0.15, 0.2) is 24.3 Å². The van der Waals surface area contributed by atoms with Gasteiger partial charge in [-0.2, -0.15) is 0 Å². The molecule has 1 N–H and O–H groups in total. The fraction of sp³-hybridized carbons (Fsp3) is 0.538. The van der Waals surface area contributed by atoms with Crippen LogP contribution in [0.25, 0.3) is 0 Å². The summed E-state index contributed by atoms with van der Waals surface area (Å²) in [6.45, 7) is 1.86. The number of ether oxygens (including phenoxy) is 2. The second-order valence-electron chi connectivity index (χ2n) is 3.69. The first-order valence-electron chi connectivity index (χ1n) is 5.78. The molecule has 0 aromatic heterocycles. The number of hydrogen-bond acceptors (Lipinski definition) is 3. The standard InChI is InChI=1S/C13H21NO2/c1-14-9-4-3-5-10-16-13-8-6-7-12(11-13)15-2/h6-8,11,14H,3-5,9-10H2,1-2H3. The van der Waals surface area contributed by atoms with Gasteiger partial charge in [0.1, 0.15) is 11.5 Å². The molecule has 1 aromatic carbocycles. The Bertz CT molecular complexity index is 289. The highest BCUT2D eigenvalue weighted by molar-refractivity contribution is 5.32. The predicted molar refractivity (Wildman–Crippen MR) is 66.3 cm³/mol. The van der Waals surface area contributed by atoms with Gasteiger partial charge in [-0.15, -0.1) is 0 Å². The van der Waals surface area contributed by atoms with E-state index >= 15 is 0 Å². The first-order chi connectivity index (χ1) is 7.86. The molecular weight excluding hydrogens is 202 g/mol. The molecule has 0 aliphatic carbocycles. The third-order valence-electron chi connectivity index (χ3n) is 2.38. The summed E-state index contributed by atoms with van der Waals surface area (Å²) in [5, 5.41) is 3.13. The lowest BCUT2D eigenvalue weighted by molar-refractivity contribution is 0.303. The minimum absolute atomic E-state index is 0.775. The van der Waals surface area contributed by atoms with Gasteiger partial charge in [-0.25, -0.2) is 0 Å². The first-order valence-corrected chi connectivity index (χ1v) is 5.78. The molecule has 0 unspecified atom stereocenters. The molecule has 1 rings (SSSR count). The van der Waals surface area contributed by atoms with Crippen LogP contribution in [-0.2, 0) is 0 Å². The Labute approximate surface area is 97.8 Å². The molecule has 0 fully saturated rings. The number of unbranched alkanes of at least 4 members (excludes halogenated alkanes) is 2. The van der Waals surface area contributed by atoms with Crippen molar-refractivity contribution in [2.45, 2.75) is 19.3 Å². The Kier molecular flexibility index (Phi) is 6.42. The van der Waals surface area contributed by atoms with Crippen LogP contribution >= 0.6 is 0 Å². The highest BCUT2D eigenvalue weighted by Gasteiger charge is 1.96. The van der Waals surface area contributed by atoms with E-state index < -0.39 is 0 Å². The maximum atomic E-state index is 5.63. The van der Waals surface area contributed by atoms with Gasteiger partial charge in [0.25, 0.3) is 0 Å². The summed E-state index contributed by atoms with van der Waals surface area (Å²) in [5.74, 6) is 1.72.